The molecular weight excluding hydrogens is 266 g/mol. The first kappa shape index (κ1) is 13.4. The van der Waals surface area contributed by atoms with Crippen molar-refractivity contribution in [3.05, 3.63) is 52.4 Å². The van der Waals surface area contributed by atoms with E-state index in [0.717, 1.165) is 5.56 Å². The normalized spacial score (nSPS) is 10.8. The first-order chi connectivity index (χ1) is 9.19. The highest BCUT2D eigenvalue weighted by molar-refractivity contribution is 6.30. The van der Waals surface area contributed by atoms with E-state index in [1.54, 1.807) is 25.1 Å². The van der Waals surface area contributed by atoms with Crippen LogP contribution in [0.1, 0.15) is 28.7 Å². The Bertz CT molecular complexity index is 587. The zero-order chi connectivity index (χ0) is 13.7. The molecule has 0 bridgehead atoms. The van der Waals surface area contributed by atoms with Crippen LogP contribution in [0.5, 0.6) is 0 Å². The van der Waals surface area contributed by atoms with Crippen molar-refractivity contribution in [3.63, 3.8) is 0 Å². The van der Waals surface area contributed by atoms with E-state index in [0.29, 0.717) is 17.4 Å². The van der Waals surface area contributed by atoms with Crippen molar-refractivity contribution < 1.29 is 14.1 Å². The number of hydrogen-bond acceptors (Lipinski definition) is 4. The standard InChI is InChI=1S/C14H12ClNO3/c1-2-18-14(17)13-9-12(19-16-13)8-5-10-3-6-11(15)7-4-10/h3-9H,2H2,1H3. The number of esters is 1. The molecule has 0 saturated carbocycles. The topological polar surface area (TPSA) is 52.3 Å². The number of hydrogen-bond donors (Lipinski definition) is 0. The minimum atomic E-state index is -0.489. The van der Waals surface area contributed by atoms with E-state index in [1.165, 1.54) is 6.07 Å². The summed E-state index contributed by atoms with van der Waals surface area (Å²) in [7, 11) is 0. The molecule has 0 amide bonds. The Kier molecular flexibility index (Phi) is 4.36. The molecular formula is C14H12ClNO3. The number of carbonyl (C=O) groups excluding carboxylic acids is 1. The summed E-state index contributed by atoms with van der Waals surface area (Å²) in [6, 6.07) is 8.88. The van der Waals surface area contributed by atoms with Crippen LogP contribution in [-0.2, 0) is 4.74 Å². The van der Waals surface area contributed by atoms with Gasteiger partial charge in [-0.15, -0.1) is 0 Å². The third kappa shape index (κ3) is 3.69. The molecule has 19 heavy (non-hydrogen) atoms. The highest BCUT2D eigenvalue weighted by Crippen LogP contribution is 2.13. The van der Waals surface area contributed by atoms with Crippen LogP contribution in [-0.4, -0.2) is 17.7 Å². The highest BCUT2D eigenvalue weighted by Gasteiger charge is 2.11. The average molecular weight is 278 g/mol. The molecule has 0 N–H and O–H groups in total. The largest absolute Gasteiger partial charge is 0.461 e. The van der Waals surface area contributed by atoms with Crippen LogP contribution in [0.15, 0.2) is 34.9 Å². The molecule has 2 rings (SSSR count). The Labute approximate surface area is 115 Å². The Hall–Kier alpha value is -2.07. The molecule has 0 radical (unpaired) electrons. The second kappa shape index (κ2) is 6.20. The number of nitrogens with zero attached hydrogens (tertiary/aromatic N) is 1. The predicted octanol–water partition coefficient (Wildman–Crippen LogP) is 3.68. The van der Waals surface area contributed by atoms with E-state index in [9.17, 15) is 4.79 Å². The summed E-state index contributed by atoms with van der Waals surface area (Å²) in [6.45, 7) is 2.04. The van der Waals surface area contributed by atoms with Gasteiger partial charge in [-0.05, 0) is 30.7 Å². The van der Waals surface area contributed by atoms with Gasteiger partial charge in [0.25, 0.3) is 0 Å². The van der Waals surface area contributed by atoms with Gasteiger partial charge in [-0.25, -0.2) is 4.79 Å². The molecule has 2 aromatic rings. The van der Waals surface area contributed by atoms with Crippen LogP contribution in [0.25, 0.3) is 12.2 Å². The molecule has 0 aliphatic heterocycles. The lowest BCUT2D eigenvalue weighted by Gasteiger charge is -1.94. The SMILES string of the molecule is CCOC(=O)c1cc(C=Cc2ccc(Cl)cc2)on1. The van der Waals surface area contributed by atoms with E-state index >= 15 is 0 Å². The van der Waals surface area contributed by atoms with Crippen LogP contribution in [0.3, 0.4) is 0 Å². The molecule has 0 saturated heterocycles. The summed E-state index contributed by atoms with van der Waals surface area (Å²) < 4.78 is 9.83. The van der Waals surface area contributed by atoms with Crippen LogP contribution in [0.2, 0.25) is 5.02 Å². The van der Waals surface area contributed by atoms with Gasteiger partial charge in [-0.1, -0.05) is 35.0 Å². The Morgan fingerprint density at radius 2 is 2.11 bits per heavy atom. The molecule has 1 aromatic heterocycles. The van der Waals surface area contributed by atoms with Crippen molar-refractivity contribution >= 4 is 29.7 Å². The van der Waals surface area contributed by atoms with E-state index < -0.39 is 5.97 Å². The fraction of sp³-hybridized carbons (Fsp3) is 0.143. The molecule has 0 unspecified atom stereocenters. The highest BCUT2D eigenvalue weighted by atomic mass is 35.5. The average Bonchev–Trinajstić information content (AvgIpc) is 2.87. The maximum absolute atomic E-state index is 11.4. The molecule has 4 nitrogen and oxygen atoms in total. The smallest absolute Gasteiger partial charge is 0.360 e. The molecule has 5 heteroatoms. The Morgan fingerprint density at radius 3 is 2.79 bits per heavy atom. The monoisotopic (exact) mass is 277 g/mol. The van der Waals surface area contributed by atoms with Gasteiger partial charge in [0.1, 0.15) is 0 Å². The van der Waals surface area contributed by atoms with Crippen LogP contribution >= 0.6 is 11.6 Å². The third-order valence-corrected chi connectivity index (χ3v) is 2.57. The predicted molar refractivity (Wildman–Crippen MR) is 72.8 cm³/mol. The van der Waals surface area contributed by atoms with Gasteiger partial charge in [-0.3, -0.25) is 0 Å². The van der Waals surface area contributed by atoms with Crippen molar-refractivity contribution in [1.29, 1.82) is 0 Å². The van der Waals surface area contributed by atoms with Gasteiger partial charge >= 0.3 is 5.97 Å². The van der Waals surface area contributed by atoms with Crippen molar-refractivity contribution in [2.24, 2.45) is 0 Å². The number of aromatic nitrogens is 1. The maximum atomic E-state index is 11.4. The fourth-order valence-corrected chi connectivity index (χ4v) is 1.55. The van der Waals surface area contributed by atoms with Gasteiger partial charge in [-0.2, -0.15) is 0 Å². The molecule has 1 heterocycles. The lowest BCUT2D eigenvalue weighted by molar-refractivity contribution is 0.0514. The van der Waals surface area contributed by atoms with E-state index in [-0.39, 0.29) is 5.69 Å². The van der Waals surface area contributed by atoms with Crippen LogP contribution in [0, 0.1) is 0 Å². The first-order valence-corrected chi connectivity index (χ1v) is 6.14. The van der Waals surface area contributed by atoms with E-state index in [4.69, 9.17) is 20.9 Å². The van der Waals surface area contributed by atoms with Gasteiger partial charge < -0.3 is 9.26 Å². The first-order valence-electron chi connectivity index (χ1n) is 5.76. The lowest BCUT2D eigenvalue weighted by Crippen LogP contribution is -2.04. The minimum Gasteiger partial charge on any atom is -0.461 e. The summed E-state index contributed by atoms with van der Waals surface area (Å²) in [5.74, 6) is -0.00426. The van der Waals surface area contributed by atoms with Crippen LogP contribution < -0.4 is 0 Å². The maximum Gasteiger partial charge on any atom is 0.360 e. The van der Waals surface area contributed by atoms with Crippen molar-refractivity contribution in [3.8, 4) is 0 Å². The van der Waals surface area contributed by atoms with Crippen molar-refractivity contribution in [2.45, 2.75) is 6.92 Å². The summed E-state index contributed by atoms with van der Waals surface area (Å²) >= 11 is 5.79. The van der Waals surface area contributed by atoms with Gasteiger partial charge in [0.15, 0.2) is 11.5 Å². The van der Waals surface area contributed by atoms with Gasteiger partial charge in [0, 0.05) is 11.1 Å². The van der Waals surface area contributed by atoms with Gasteiger partial charge in [0.2, 0.25) is 0 Å². The summed E-state index contributed by atoms with van der Waals surface area (Å²) in [5, 5.41) is 4.32. The summed E-state index contributed by atoms with van der Waals surface area (Å²) in [6.07, 6.45) is 3.56. The van der Waals surface area contributed by atoms with Crippen molar-refractivity contribution in [1.82, 2.24) is 5.16 Å². The van der Waals surface area contributed by atoms with Crippen LogP contribution in [0.4, 0.5) is 0 Å². The fourth-order valence-electron chi connectivity index (χ4n) is 1.42. The quantitative estimate of drug-likeness (QED) is 0.800. The molecule has 1 aromatic carbocycles. The molecule has 98 valence electrons. The number of benzene rings is 1. The molecule has 0 fully saturated rings. The zero-order valence-corrected chi connectivity index (χ0v) is 11.1. The molecule has 0 aliphatic rings. The zero-order valence-electron chi connectivity index (χ0n) is 10.3. The second-order valence-electron chi connectivity index (χ2n) is 3.72. The second-order valence-corrected chi connectivity index (χ2v) is 4.16. The van der Waals surface area contributed by atoms with E-state index in [2.05, 4.69) is 5.16 Å². The number of carbonyl (C=O) groups is 1. The van der Waals surface area contributed by atoms with Crippen molar-refractivity contribution in [2.75, 3.05) is 6.61 Å². The molecule has 0 spiro atoms. The van der Waals surface area contributed by atoms with Gasteiger partial charge in [0.05, 0.1) is 6.61 Å². The molecule has 0 aliphatic carbocycles. The number of halogens is 1. The lowest BCUT2D eigenvalue weighted by atomic mass is 10.2. The minimum absolute atomic E-state index is 0.164. The Morgan fingerprint density at radius 1 is 1.37 bits per heavy atom. The summed E-state index contributed by atoms with van der Waals surface area (Å²) in [4.78, 5) is 11.4. The van der Waals surface area contributed by atoms with E-state index in [1.807, 2.05) is 18.2 Å². The number of rotatable bonds is 4. The Balaban J connectivity index is 2.07. The number of ether oxygens (including phenoxy) is 1. The summed E-state index contributed by atoms with van der Waals surface area (Å²) in [5.41, 5.74) is 1.14. The third-order valence-electron chi connectivity index (χ3n) is 2.32. The molecule has 0 atom stereocenters.